The van der Waals surface area contributed by atoms with Crippen molar-refractivity contribution in [2.45, 2.75) is 44.6 Å². The van der Waals surface area contributed by atoms with Crippen molar-refractivity contribution >= 4 is 22.8 Å². The van der Waals surface area contributed by atoms with Crippen molar-refractivity contribution < 1.29 is 14.3 Å². The van der Waals surface area contributed by atoms with Crippen molar-refractivity contribution in [3.05, 3.63) is 90.5 Å². The lowest BCUT2D eigenvalue weighted by Gasteiger charge is -2.16. The molecule has 1 fully saturated rings. The Morgan fingerprint density at radius 1 is 0.778 bits per heavy atom. The largest absolute Gasteiger partial charge is 0.452 e. The molecule has 0 radical (unpaired) electrons. The van der Waals surface area contributed by atoms with E-state index in [-0.39, 0.29) is 18.6 Å². The quantitative estimate of drug-likeness (QED) is 0.252. The van der Waals surface area contributed by atoms with Crippen molar-refractivity contribution in [2.24, 2.45) is 0 Å². The summed E-state index contributed by atoms with van der Waals surface area (Å²) < 4.78 is 5.46. The van der Waals surface area contributed by atoms with Gasteiger partial charge >= 0.3 is 5.97 Å². The van der Waals surface area contributed by atoms with Gasteiger partial charge in [-0.25, -0.2) is 9.78 Å². The molecule has 1 saturated carbocycles. The van der Waals surface area contributed by atoms with E-state index in [4.69, 9.17) is 9.72 Å². The number of rotatable bonds is 6. The van der Waals surface area contributed by atoms with Crippen LogP contribution in [0.3, 0.4) is 0 Å². The predicted molar refractivity (Wildman–Crippen MR) is 143 cm³/mol. The number of amides is 1. The fourth-order valence-corrected chi connectivity index (χ4v) is 4.86. The van der Waals surface area contributed by atoms with Gasteiger partial charge in [0.15, 0.2) is 6.61 Å². The summed E-state index contributed by atoms with van der Waals surface area (Å²) in [6.07, 6.45) is 6.66. The highest BCUT2D eigenvalue weighted by atomic mass is 16.5. The molecule has 3 aromatic carbocycles. The van der Waals surface area contributed by atoms with Crippen LogP contribution in [0.15, 0.2) is 84.9 Å². The molecule has 1 aliphatic rings. The van der Waals surface area contributed by atoms with Gasteiger partial charge in [0, 0.05) is 17.0 Å². The number of hydrogen-bond acceptors (Lipinski definition) is 4. The molecule has 0 atom stereocenters. The van der Waals surface area contributed by atoms with E-state index in [1.54, 1.807) is 6.07 Å². The van der Waals surface area contributed by atoms with Crippen LogP contribution in [0.4, 0.5) is 0 Å². The number of ether oxygens (including phenoxy) is 1. The average molecular weight is 479 g/mol. The lowest BCUT2D eigenvalue weighted by Crippen LogP contribution is -2.37. The Balaban J connectivity index is 1.34. The zero-order valence-corrected chi connectivity index (χ0v) is 20.3. The third-order valence-corrected chi connectivity index (χ3v) is 6.78. The number of carbonyl (C=O) groups excluding carboxylic acids is 2. The number of nitrogens with zero attached hydrogens (tertiary/aromatic N) is 1. The summed E-state index contributed by atoms with van der Waals surface area (Å²) in [7, 11) is 0. The first-order valence-electron chi connectivity index (χ1n) is 12.7. The Morgan fingerprint density at radius 2 is 1.42 bits per heavy atom. The molecule has 1 aromatic heterocycles. The number of hydrogen-bond donors (Lipinski definition) is 1. The number of esters is 1. The minimum atomic E-state index is -0.522. The monoisotopic (exact) mass is 478 g/mol. The van der Waals surface area contributed by atoms with E-state index in [0.717, 1.165) is 42.4 Å². The van der Waals surface area contributed by atoms with Gasteiger partial charge in [-0.15, -0.1) is 0 Å². The lowest BCUT2D eigenvalue weighted by molar-refractivity contribution is -0.125. The van der Waals surface area contributed by atoms with Crippen molar-refractivity contribution in [1.29, 1.82) is 0 Å². The van der Waals surface area contributed by atoms with Gasteiger partial charge in [-0.2, -0.15) is 0 Å². The molecule has 1 heterocycles. The first-order valence-corrected chi connectivity index (χ1v) is 12.7. The molecule has 1 N–H and O–H groups in total. The first kappa shape index (κ1) is 23.7. The van der Waals surface area contributed by atoms with Gasteiger partial charge in [-0.05, 0) is 36.1 Å². The number of nitrogens with one attached hydrogen (secondary N) is 1. The first-order chi connectivity index (χ1) is 17.7. The summed E-state index contributed by atoms with van der Waals surface area (Å²) in [5, 5.41) is 3.74. The van der Waals surface area contributed by atoms with Crippen LogP contribution in [-0.4, -0.2) is 29.5 Å². The molecule has 182 valence electrons. The Bertz CT molecular complexity index is 1340. The van der Waals surface area contributed by atoms with Gasteiger partial charge in [0.25, 0.3) is 5.91 Å². The second kappa shape index (κ2) is 11.2. The predicted octanol–water partition coefficient (Wildman–Crippen LogP) is 6.56. The summed E-state index contributed by atoms with van der Waals surface area (Å²) in [4.78, 5) is 30.3. The highest BCUT2D eigenvalue weighted by molar-refractivity contribution is 6.05. The van der Waals surface area contributed by atoms with E-state index in [2.05, 4.69) is 29.6 Å². The van der Waals surface area contributed by atoms with Crippen LogP contribution in [0.5, 0.6) is 0 Å². The number of fused-ring (bicyclic) bond motifs is 1. The van der Waals surface area contributed by atoms with Crippen molar-refractivity contribution in [1.82, 2.24) is 10.3 Å². The minimum absolute atomic E-state index is 0.172. The minimum Gasteiger partial charge on any atom is -0.452 e. The van der Waals surface area contributed by atoms with E-state index in [1.165, 1.54) is 12.8 Å². The molecule has 5 rings (SSSR count). The molecule has 5 nitrogen and oxygen atoms in total. The molecule has 0 aliphatic heterocycles. The lowest BCUT2D eigenvalue weighted by atomic mass is 10.0. The second-order valence-electron chi connectivity index (χ2n) is 9.35. The molecular weight excluding hydrogens is 448 g/mol. The Labute approximate surface area is 211 Å². The third-order valence-electron chi connectivity index (χ3n) is 6.78. The van der Waals surface area contributed by atoms with E-state index in [1.807, 2.05) is 54.6 Å². The zero-order chi connectivity index (χ0) is 24.7. The van der Waals surface area contributed by atoms with E-state index in [0.29, 0.717) is 22.2 Å². The van der Waals surface area contributed by atoms with E-state index in [9.17, 15) is 9.59 Å². The van der Waals surface area contributed by atoms with Crippen LogP contribution in [0.25, 0.3) is 33.3 Å². The number of carbonyl (C=O) groups is 2. The molecule has 36 heavy (non-hydrogen) atoms. The van der Waals surface area contributed by atoms with Gasteiger partial charge in [0.1, 0.15) is 0 Å². The van der Waals surface area contributed by atoms with E-state index < -0.39 is 5.97 Å². The summed E-state index contributed by atoms with van der Waals surface area (Å²) in [6, 6.07) is 27.7. The molecule has 5 heteroatoms. The maximum Gasteiger partial charge on any atom is 0.339 e. The third kappa shape index (κ3) is 5.62. The average Bonchev–Trinajstić information content (AvgIpc) is 3.20. The number of para-hydroxylation sites is 1. The SMILES string of the molecule is O=C(COC(=O)c1cc(-c2ccc(-c3ccccc3)cc2)nc2ccccc12)NC1CCCCCC1. The van der Waals surface area contributed by atoms with Crippen LogP contribution in [0, 0.1) is 0 Å². The maximum atomic E-state index is 13.1. The summed E-state index contributed by atoms with van der Waals surface area (Å²) in [6.45, 7) is -0.285. The maximum absolute atomic E-state index is 13.1. The van der Waals surface area contributed by atoms with Crippen LogP contribution in [0.1, 0.15) is 48.9 Å². The Hall–Kier alpha value is -3.99. The van der Waals surface area contributed by atoms with Crippen LogP contribution in [0.2, 0.25) is 0 Å². The molecule has 1 aliphatic carbocycles. The Kier molecular flexibility index (Phi) is 7.36. The fourth-order valence-electron chi connectivity index (χ4n) is 4.86. The smallest absolute Gasteiger partial charge is 0.339 e. The highest BCUT2D eigenvalue weighted by Gasteiger charge is 2.19. The molecular formula is C31H30N2O3. The standard InChI is InChI=1S/C31H30N2O3/c34-30(32-25-12-6-1-2-7-13-25)21-36-31(35)27-20-29(33-28-15-9-8-14-26(27)28)24-18-16-23(17-19-24)22-10-4-3-5-11-22/h3-5,8-11,14-20,25H,1-2,6-7,12-13,21H2,(H,32,34). The molecule has 0 saturated heterocycles. The van der Waals surface area contributed by atoms with Gasteiger partial charge in [-0.3, -0.25) is 4.79 Å². The van der Waals surface area contributed by atoms with E-state index >= 15 is 0 Å². The zero-order valence-electron chi connectivity index (χ0n) is 20.3. The van der Waals surface area contributed by atoms with Gasteiger partial charge in [0.2, 0.25) is 0 Å². The summed E-state index contributed by atoms with van der Waals surface area (Å²) in [5.41, 5.74) is 4.95. The summed E-state index contributed by atoms with van der Waals surface area (Å²) in [5.74, 6) is -0.767. The second-order valence-corrected chi connectivity index (χ2v) is 9.35. The number of aromatic nitrogens is 1. The molecule has 0 unspecified atom stereocenters. The van der Waals surface area contributed by atoms with Gasteiger partial charge in [0.05, 0.1) is 16.8 Å². The number of pyridine rings is 1. The van der Waals surface area contributed by atoms with Crippen molar-refractivity contribution in [3.8, 4) is 22.4 Å². The van der Waals surface area contributed by atoms with Gasteiger partial charge < -0.3 is 10.1 Å². The molecule has 4 aromatic rings. The fraction of sp³-hybridized carbons (Fsp3) is 0.258. The van der Waals surface area contributed by atoms with Gasteiger partial charge in [-0.1, -0.05) is 98.5 Å². The number of benzene rings is 3. The molecule has 0 spiro atoms. The normalized spacial score (nSPS) is 14.2. The molecule has 0 bridgehead atoms. The van der Waals surface area contributed by atoms with Crippen molar-refractivity contribution in [3.63, 3.8) is 0 Å². The topological polar surface area (TPSA) is 68.3 Å². The van der Waals surface area contributed by atoms with Crippen molar-refractivity contribution in [2.75, 3.05) is 6.61 Å². The highest BCUT2D eigenvalue weighted by Crippen LogP contribution is 2.28. The van der Waals surface area contributed by atoms with Crippen LogP contribution >= 0.6 is 0 Å². The summed E-state index contributed by atoms with van der Waals surface area (Å²) >= 11 is 0. The molecule has 1 amide bonds. The Morgan fingerprint density at radius 3 is 2.17 bits per heavy atom. The van der Waals surface area contributed by atoms with Crippen LogP contribution in [-0.2, 0) is 9.53 Å². The van der Waals surface area contributed by atoms with Crippen LogP contribution < -0.4 is 5.32 Å².